The molecule has 2 heterocycles. The Balaban J connectivity index is 1.47. The van der Waals surface area contributed by atoms with Crippen molar-refractivity contribution in [1.82, 2.24) is 10.2 Å². The summed E-state index contributed by atoms with van der Waals surface area (Å²) in [6, 6.07) is 0. The molecule has 0 aromatic carbocycles. The average molecular weight is 298 g/mol. The molecular weight excluding hydrogens is 268 g/mol. The summed E-state index contributed by atoms with van der Waals surface area (Å²) in [5.74, 6) is 1.64. The summed E-state index contributed by atoms with van der Waals surface area (Å²) in [5.41, 5.74) is 0. The van der Waals surface area contributed by atoms with Crippen LogP contribution in [0.1, 0.15) is 33.1 Å². The first kappa shape index (κ1) is 16.7. The van der Waals surface area contributed by atoms with E-state index >= 15 is 0 Å². The van der Waals surface area contributed by atoms with E-state index in [4.69, 9.17) is 9.47 Å². The van der Waals surface area contributed by atoms with E-state index in [0.717, 1.165) is 63.9 Å². The predicted molar refractivity (Wildman–Crippen MR) is 82.2 cm³/mol. The van der Waals surface area contributed by atoms with Gasteiger partial charge in [0, 0.05) is 39.4 Å². The Morgan fingerprint density at radius 1 is 1.24 bits per heavy atom. The van der Waals surface area contributed by atoms with Crippen molar-refractivity contribution in [2.24, 2.45) is 11.8 Å². The van der Waals surface area contributed by atoms with Gasteiger partial charge in [0.1, 0.15) is 6.61 Å². The van der Waals surface area contributed by atoms with Crippen LogP contribution >= 0.6 is 0 Å². The van der Waals surface area contributed by atoms with Crippen LogP contribution in [0.3, 0.4) is 0 Å². The van der Waals surface area contributed by atoms with Crippen LogP contribution in [0.25, 0.3) is 0 Å². The van der Waals surface area contributed by atoms with Crippen molar-refractivity contribution < 1.29 is 14.3 Å². The van der Waals surface area contributed by atoms with E-state index < -0.39 is 0 Å². The van der Waals surface area contributed by atoms with Gasteiger partial charge in [-0.1, -0.05) is 13.8 Å². The number of likely N-dealkylation sites (tertiary alicyclic amines) is 1. The van der Waals surface area contributed by atoms with Crippen molar-refractivity contribution in [2.75, 3.05) is 46.0 Å². The van der Waals surface area contributed by atoms with Crippen molar-refractivity contribution in [1.29, 1.82) is 0 Å². The monoisotopic (exact) mass is 298 g/mol. The number of nitrogens with one attached hydrogen (secondary N) is 1. The molecule has 0 spiro atoms. The molecule has 2 fully saturated rings. The zero-order valence-electron chi connectivity index (χ0n) is 13.5. The van der Waals surface area contributed by atoms with Crippen LogP contribution in [-0.4, -0.2) is 62.9 Å². The van der Waals surface area contributed by atoms with E-state index in [-0.39, 0.29) is 12.5 Å². The van der Waals surface area contributed by atoms with Gasteiger partial charge in [-0.25, -0.2) is 0 Å². The summed E-state index contributed by atoms with van der Waals surface area (Å²) in [6.45, 7) is 9.80. The summed E-state index contributed by atoms with van der Waals surface area (Å²) >= 11 is 0. The third kappa shape index (κ3) is 5.57. The Kier molecular flexibility index (Phi) is 6.93. The molecule has 2 rings (SSSR count). The second-order valence-electron chi connectivity index (χ2n) is 6.52. The molecule has 0 atom stereocenters. The number of hydrogen-bond acceptors (Lipinski definition) is 4. The largest absolute Gasteiger partial charge is 0.375 e. The molecule has 0 aliphatic carbocycles. The minimum Gasteiger partial charge on any atom is -0.375 e. The fraction of sp³-hybridized carbons (Fsp3) is 0.938. The molecule has 0 aromatic rings. The third-order valence-corrected chi connectivity index (χ3v) is 4.59. The molecule has 0 bridgehead atoms. The van der Waals surface area contributed by atoms with E-state index in [1.807, 2.05) is 4.90 Å². The molecule has 1 N–H and O–H groups in total. The number of carbonyl (C=O) groups excluding carboxylic acids is 1. The fourth-order valence-corrected chi connectivity index (χ4v) is 2.86. The molecule has 122 valence electrons. The van der Waals surface area contributed by atoms with Crippen LogP contribution < -0.4 is 5.32 Å². The van der Waals surface area contributed by atoms with Gasteiger partial charge in [0.2, 0.25) is 5.91 Å². The highest BCUT2D eigenvalue weighted by atomic mass is 16.5. The first-order valence-corrected chi connectivity index (χ1v) is 8.34. The van der Waals surface area contributed by atoms with Crippen LogP contribution in [0.2, 0.25) is 0 Å². The topological polar surface area (TPSA) is 50.8 Å². The number of amides is 1. The molecule has 0 saturated carbocycles. The summed E-state index contributed by atoms with van der Waals surface area (Å²) in [4.78, 5) is 14.0. The van der Waals surface area contributed by atoms with Gasteiger partial charge >= 0.3 is 0 Å². The van der Waals surface area contributed by atoms with Gasteiger partial charge in [0.05, 0.1) is 6.10 Å². The number of carbonyl (C=O) groups is 1. The second-order valence-corrected chi connectivity index (χ2v) is 6.52. The quantitative estimate of drug-likeness (QED) is 0.686. The fourth-order valence-electron chi connectivity index (χ4n) is 2.86. The summed E-state index contributed by atoms with van der Waals surface area (Å²) in [6.07, 6.45) is 3.51. The smallest absolute Gasteiger partial charge is 0.248 e. The SMILES string of the molecule is CC(C)C1CCN(C(=O)COCCCOC2CNC2)CC1. The first-order valence-electron chi connectivity index (χ1n) is 8.34. The summed E-state index contributed by atoms with van der Waals surface area (Å²) < 4.78 is 11.1. The van der Waals surface area contributed by atoms with Crippen LogP contribution in [0, 0.1) is 11.8 Å². The molecule has 0 unspecified atom stereocenters. The van der Waals surface area contributed by atoms with Crippen molar-refractivity contribution in [3.8, 4) is 0 Å². The van der Waals surface area contributed by atoms with Crippen molar-refractivity contribution in [3.63, 3.8) is 0 Å². The number of nitrogens with zero attached hydrogens (tertiary/aromatic N) is 1. The standard InChI is InChI=1S/C16H30N2O3/c1-13(2)14-4-6-18(7-5-14)16(19)12-20-8-3-9-21-15-10-17-11-15/h13-15,17H,3-12H2,1-2H3. The van der Waals surface area contributed by atoms with Gasteiger partial charge in [0.25, 0.3) is 0 Å². The first-order chi connectivity index (χ1) is 10.2. The van der Waals surface area contributed by atoms with E-state index in [1.165, 1.54) is 0 Å². The molecule has 0 aromatic heterocycles. The lowest BCUT2D eigenvalue weighted by atomic mass is 9.87. The lowest BCUT2D eigenvalue weighted by molar-refractivity contribution is -0.138. The van der Waals surface area contributed by atoms with Crippen LogP contribution in [0.15, 0.2) is 0 Å². The molecule has 0 radical (unpaired) electrons. The number of ether oxygens (including phenoxy) is 2. The van der Waals surface area contributed by atoms with Gasteiger partial charge in [-0.15, -0.1) is 0 Å². The summed E-state index contributed by atoms with van der Waals surface area (Å²) in [5, 5.41) is 3.17. The molecule has 2 aliphatic rings. The van der Waals surface area contributed by atoms with E-state index in [9.17, 15) is 4.79 Å². The Hall–Kier alpha value is -0.650. The molecule has 21 heavy (non-hydrogen) atoms. The van der Waals surface area contributed by atoms with Crippen molar-refractivity contribution in [2.45, 2.75) is 39.2 Å². The Morgan fingerprint density at radius 2 is 1.95 bits per heavy atom. The van der Waals surface area contributed by atoms with Gasteiger partial charge in [0.15, 0.2) is 0 Å². The van der Waals surface area contributed by atoms with Gasteiger partial charge in [-0.05, 0) is 31.1 Å². The second kappa shape index (κ2) is 8.71. The normalized spacial score (nSPS) is 20.8. The van der Waals surface area contributed by atoms with Crippen molar-refractivity contribution >= 4 is 5.91 Å². The highest BCUT2D eigenvalue weighted by Crippen LogP contribution is 2.24. The number of piperidine rings is 1. The van der Waals surface area contributed by atoms with Crippen LogP contribution in [-0.2, 0) is 14.3 Å². The molecule has 2 saturated heterocycles. The molecule has 5 nitrogen and oxygen atoms in total. The zero-order chi connectivity index (χ0) is 15.1. The van der Waals surface area contributed by atoms with Crippen LogP contribution in [0.5, 0.6) is 0 Å². The average Bonchev–Trinajstić information content (AvgIpc) is 2.44. The highest BCUT2D eigenvalue weighted by Gasteiger charge is 2.24. The number of rotatable bonds is 8. The Morgan fingerprint density at radius 3 is 2.52 bits per heavy atom. The number of hydrogen-bond donors (Lipinski definition) is 1. The minimum absolute atomic E-state index is 0.140. The van der Waals surface area contributed by atoms with Crippen LogP contribution in [0.4, 0.5) is 0 Å². The lowest BCUT2D eigenvalue weighted by Crippen LogP contribution is -2.48. The highest BCUT2D eigenvalue weighted by molar-refractivity contribution is 5.77. The zero-order valence-corrected chi connectivity index (χ0v) is 13.5. The third-order valence-electron chi connectivity index (χ3n) is 4.59. The molecular formula is C16H30N2O3. The van der Waals surface area contributed by atoms with Crippen molar-refractivity contribution in [3.05, 3.63) is 0 Å². The molecule has 2 aliphatic heterocycles. The molecule has 1 amide bonds. The lowest BCUT2D eigenvalue weighted by Gasteiger charge is -2.33. The van der Waals surface area contributed by atoms with E-state index in [1.54, 1.807) is 0 Å². The Labute approximate surface area is 128 Å². The molecule has 5 heteroatoms. The van der Waals surface area contributed by atoms with Gasteiger partial charge in [-0.3, -0.25) is 4.79 Å². The maximum Gasteiger partial charge on any atom is 0.248 e. The van der Waals surface area contributed by atoms with E-state index in [2.05, 4.69) is 19.2 Å². The minimum atomic E-state index is 0.140. The predicted octanol–water partition coefficient (Wildman–Crippen LogP) is 1.28. The maximum atomic E-state index is 12.0. The maximum absolute atomic E-state index is 12.0. The Bertz CT molecular complexity index is 311. The van der Waals surface area contributed by atoms with E-state index in [0.29, 0.717) is 12.7 Å². The van der Waals surface area contributed by atoms with Gasteiger partial charge < -0.3 is 19.7 Å². The van der Waals surface area contributed by atoms with Gasteiger partial charge in [-0.2, -0.15) is 0 Å². The summed E-state index contributed by atoms with van der Waals surface area (Å²) in [7, 11) is 0.